The first-order chi connectivity index (χ1) is 7.27. The number of imidazole rings is 1. The lowest BCUT2D eigenvalue weighted by Gasteiger charge is -1.96. The molecular formula is C11H9N3O. The molecule has 0 aliphatic carbocycles. The van der Waals surface area contributed by atoms with E-state index in [1.807, 2.05) is 29.7 Å². The predicted octanol–water partition coefficient (Wildman–Crippen LogP) is 1.48. The van der Waals surface area contributed by atoms with E-state index in [2.05, 4.69) is 9.97 Å². The zero-order chi connectivity index (χ0) is 10.4. The number of rotatable bonds is 0. The van der Waals surface area contributed by atoms with E-state index in [-0.39, 0.29) is 5.43 Å². The number of pyridine rings is 2. The average Bonchev–Trinajstić information content (AvgIpc) is 2.60. The van der Waals surface area contributed by atoms with Gasteiger partial charge in [-0.3, -0.25) is 9.20 Å². The topological polar surface area (TPSA) is 50.2 Å². The van der Waals surface area contributed by atoms with Crippen LogP contribution in [-0.2, 0) is 0 Å². The third-order valence-electron chi connectivity index (χ3n) is 2.53. The fraction of sp³-hybridized carbons (Fsp3) is 0.0909. The molecule has 0 amide bonds. The maximum atomic E-state index is 11.6. The molecule has 3 heterocycles. The number of hydrogen-bond acceptors (Lipinski definition) is 2. The number of aryl methyl sites for hydroxylation is 1. The lowest BCUT2D eigenvalue weighted by Crippen LogP contribution is -1.99. The van der Waals surface area contributed by atoms with Crippen molar-refractivity contribution in [3.8, 4) is 0 Å². The van der Waals surface area contributed by atoms with Gasteiger partial charge in [0.1, 0.15) is 11.3 Å². The molecule has 3 aromatic rings. The Morgan fingerprint density at radius 2 is 2.27 bits per heavy atom. The number of fused-ring (bicyclic) bond motifs is 3. The van der Waals surface area contributed by atoms with E-state index in [1.54, 1.807) is 6.20 Å². The van der Waals surface area contributed by atoms with E-state index >= 15 is 0 Å². The van der Waals surface area contributed by atoms with Gasteiger partial charge in [0.15, 0.2) is 5.52 Å². The molecule has 0 aliphatic rings. The van der Waals surface area contributed by atoms with E-state index in [4.69, 9.17) is 0 Å². The van der Waals surface area contributed by atoms with Crippen molar-refractivity contribution < 1.29 is 0 Å². The molecule has 74 valence electrons. The summed E-state index contributed by atoms with van der Waals surface area (Å²) < 4.78 is 1.89. The summed E-state index contributed by atoms with van der Waals surface area (Å²) in [6.07, 6.45) is 3.54. The van der Waals surface area contributed by atoms with Crippen LogP contribution in [0.15, 0.2) is 35.4 Å². The van der Waals surface area contributed by atoms with Crippen LogP contribution in [0.3, 0.4) is 0 Å². The number of H-pyrrole nitrogens is 1. The molecule has 0 saturated carbocycles. The van der Waals surface area contributed by atoms with E-state index in [1.165, 1.54) is 6.07 Å². The van der Waals surface area contributed by atoms with Gasteiger partial charge in [0.25, 0.3) is 0 Å². The van der Waals surface area contributed by atoms with Gasteiger partial charge >= 0.3 is 0 Å². The highest BCUT2D eigenvalue weighted by Crippen LogP contribution is 2.13. The second kappa shape index (κ2) is 2.70. The summed E-state index contributed by atoms with van der Waals surface area (Å²) in [5, 5.41) is 0. The van der Waals surface area contributed by atoms with Crippen molar-refractivity contribution in [1.29, 1.82) is 0 Å². The number of aromatic nitrogens is 3. The molecule has 0 aliphatic heterocycles. The molecule has 0 radical (unpaired) electrons. The van der Waals surface area contributed by atoms with Gasteiger partial charge in [0, 0.05) is 18.5 Å². The maximum absolute atomic E-state index is 11.6. The van der Waals surface area contributed by atoms with Crippen LogP contribution in [-0.4, -0.2) is 14.4 Å². The fourth-order valence-corrected chi connectivity index (χ4v) is 1.79. The quantitative estimate of drug-likeness (QED) is 0.596. The number of nitrogens with zero attached hydrogens (tertiary/aromatic N) is 2. The Balaban J connectivity index is 2.69. The molecule has 1 N–H and O–H groups in total. The summed E-state index contributed by atoms with van der Waals surface area (Å²) in [5.74, 6) is 0. The van der Waals surface area contributed by atoms with Crippen molar-refractivity contribution in [2.24, 2.45) is 0 Å². The third kappa shape index (κ3) is 1.01. The van der Waals surface area contributed by atoms with E-state index < -0.39 is 0 Å². The van der Waals surface area contributed by atoms with Crippen LogP contribution >= 0.6 is 0 Å². The van der Waals surface area contributed by atoms with E-state index in [9.17, 15) is 4.79 Å². The summed E-state index contributed by atoms with van der Waals surface area (Å²) in [6.45, 7) is 1.98. The van der Waals surface area contributed by atoms with Crippen LogP contribution in [0.2, 0.25) is 0 Å². The van der Waals surface area contributed by atoms with Crippen LogP contribution in [0, 0.1) is 6.92 Å². The first-order valence-electron chi connectivity index (χ1n) is 4.72. The smallest absolute Gasteiger partial charge is 0.209 e. The molecule has 3 rings (SSSR count). The van der Waals surface area contributed by atoms with E-state index in [0.29, 0.717) is 5.52 Å². The Kier molecular flexibility index (Phi) is 1.48. The normalized spacial score (nSPS) is 11.3. The maximum Gasteiger partial charge on any atom is 0.209 e. The molecular weight excluding hydrogens is 190 g/mol. The second-order valence-corrected chi connectivity index (χ2v) is 3.54. The largest absolute Gasteiger partial charge is 0.346 e. The molecule has 0 aromatic carbocycles. The lowest BCUT2D eigenvalue weighted by atomic mass is 10.3. The first-order valence-corrected chi connectivity index (χ1v) is 4.72. The molecule has 0 spiro atoms. The van der Waals surface area contributed by atoms with Gasteiger partial charge in [-0.15, -0.1) is 0 Å². The van der Waals surface area contributed by atoms with Gasteiger partial charge in [-0.05, 0) is 18.6 Å². The number of nitrogens with one attached hydrogen (secondary N) is 1. The Morgan fingerprint density at radius 1 is 1.40 bits per heavy atom. The van der Waals surface area contributed by atoms with Crippen molar-refractivity contribution in [1.82, 2.24) is 14.4 Å². The zero-order valence-corrected chi connectivity index (χ0v) is 8.19. The van der Waals surface area contributed by atoms with Crippen LogP contribution < -0.4 is 5.43 Å². The zero-order valence-electron chi connectivity index (χ0n) is 8.19. The van der Waals surface area contributed by atoms with Crippen LogP contribution in [0.4, 0.5) is 0 Å². The molecule has 0 atom stereocenters. The molecule has 4 nitrogen and oxygen atoms in total. The highest BCUT2D eigenvalue weighted by Gasteiger charge is 2.07. The standard InChI is InChI=1S/C11H9N3O/c1-7-3-2-6-14-10(7)13-9-8(15)4-5-12-11(9)14/h2-6H,1H3,(H,12,15). The fourth-order valence-electron chi connectivity index (χ4n) is 1.79. The Labute approximate surface area is 85.2 Å². The predicted molar refractivity (Wildman–Crippen MR) is 58.1 cm³/mol. The summed E-state index contributed by atoms with van der Waals surface area (Å²) in [5.41, 5.74) is 3.08. The molecule has 3 aromatic heterocycles. The average molecular weight is 199 g/mol. The minimum atomic E-state index is -0.0492. The highest BCUT2D eigenvalue weighted by atomic mass is 16.1. The molecule has 0 saturated heterocycles. The van der Waals surface area contributed by atoms with Gasteiger partial charge in [-0.1, -0.05) is 6.07 Å². The van der Waals surface area contributed by atoms with Gasteiger partial charge < -0.3 is 4.98 Å². The Morgan fingerprint density at radius 3 is 3.13 bits per heavy atom. The summed E-state index contributed by atoms with van der Waals surface area (Å²) >= 11 is 0. The SMILES string of the molecule is Cc1cccn2c1nc1c(=O)cc[nH]c12. The summed E-state index contributed by atoms with van der Waals surface area (Å²) in [7, 11) is 0. The number of hydrogen-bond donors (Lipinski definition) is 1. The van der Waals surface area contributed by atoms with Crippen molar-refractivity contribution in [2.45, 2.75) is 6.92 Å². The minimum Gasteiger partial charge on any atom is -0.346 e. The highest BCUT2D eigenvalue weighted by molar-refractivity contribution is 5.77. The van der Waals surface area contributed by atoms with Gasteiger partial charge in [-0.25, -0.2) is 4.98 Å². The third-order valence-corrected chi connectivity index (χ3v) is 2.53. The van der Waals surface area contributed by atoms with Crippen molar-refractivity contribution in [3.05, 3.63) is 46.4 Å². The van der Waals surface area contributed by atoms with Gasteiger partial charge in [0.2, 0.25) is 5.43 Å². The van der Waals surface area contributed by atoms with E-state index in [0.717, 1.165) is 16.9 Å². The Hall–Kier alpha value is -2.10. The molecule has 4 heteroatoms. The summed E-state index contributed by atoms with van der Waals surface area (Å²) in [4.78, 5) is 18.9. The van der Waals surface area contributed by atoms with Crippen LogP contribution in [0.25, 0.3) is 16.8 Å². The van der Waals surface area contributed by atoms with Gasteiger partial charge in [0.05, 0.1) is 0 Å². The minimum absolute atomic E-state index is 0.0492. The molecule has 0 unspecified atom stereocenters. The first kappa shape index (κ1) is 8.23. The number of aromatic amines is 1. The summed E-state index contributed by atoms with van der Waals surface area (Å²) in [6, 6.07) is 5.41. The van der Waals surface area contributed by atoms with Crippen molar-refractivity contribution in [2.75, 3.05) is 0 Å². The second-order valence-electron chi connectivity index (χ2n) is 3.54. The van der Waals surface area contributed by atoms with Crippen LogP contribution in [0.1, 0.15) is 5.56 Å². The molecule has 0 bridgehead atoms. The monoisotopic (exact) mass is 199 g/mol. The van der Waals surface area contributed by atoms with Crippen molar-refractivity contribution >= 4 is 16.8 Å². The molecule has 0 fully saturated rings. The lowest BCUT2D eigenvalue weighted by molar-refractivity contribution is 1.16. The molecule has 15 heavy (non-hydrogen) atoms. The Bertz CT molecular complexity index is 708. The van der Waals surface area contributed by atoms with Gasteiger partial charge in [-0.2, -0.15) is 0 Å². The van der Waals surface area contributed by atoms with Crippen molar-refractivity contribution in [3.63, 3.8) is 0 Å². The van der Waals surface area contributed by atoms with Crippen LogP contribution in [0.5, 0.6) is 0 Å².